The van der Waals surface area contributed by atoms with Crippen molar-refractivity contribution in [3.8, 4) is 0 Å². The van der Waals surface area contributed by atoms with Gasteiger partial charge >= 0.3 is 0 Å². The van der Waals surface area contributed by atoms with Gasteiger partial charge in [-0.2, -0.15) is 5.10 Å². The molecule has 1 aromatic carbocycles. The monoisotopic (exact) mass is 268 g/mol. The van der Waals surface area contributed by atoms with Crippen LogP contribution in [0.5, 0.6) is 0 Å². The third kappa shape index (κ3) is 3.02. The molecular weight excluding hydrogens is 255 g/mol. The fraction of sp³-hybridized carbons (Fsp3) is 0.308. The Kier molecular flexibility index (Phi) is 3.75. The topological polar surface area (TPSA) is 17.8 Å². The largest absolute Gasteiger partial charge is 0.249 e. The summed E-state index contributed by atoms with van der Waals surface area (Å²) in [6, 6.07) is 9.64. The molecule has 0 saturated carbocycles. The molecule has 2 rings (SSSR count). The van der Waals surface area contributed by atoms with E-state index in [2.05, 4.69) is 18.9 Å². The summed E-state index contributed by atoms with van der Waals surface area (Å²) in [4.78, 5) is 0. The zero-order valence-electron chi connectivity index (χ0n) is 9.82. The Morgan fingerprint density at radius 2 is 2.00 bits per heavy atom. The summed E-state index contributed by atoms with van der Waals surface area (Å²) in [7, 11) is 0. The van der Waals surface area contributed by atoms with Crippen molar-refractivity contribution >= 4 is 23.2 Å². The molecule has 0 aliphatic rings. The zero-order valence-corrected chi connectivity index (χ0v) is 11.3. The summed E-state index contributed by atoms with van der Waals surface area (Å²) in [5.74, 6) is 0.383. The van der Waals surface area contributed by atoms with Crippen molar-refractivity contribution in [2.75, 3.05) is 0 Å². The Morgan fingerprint density at radius 1 is 1.24 bits per heavy atom. The van der Waals surface area contributed by atoms with E-state index in [1.807, 2.05) is 30.3 Å². The van der Waals surface area contributed by atoms with Gasteiger partial charge in [-0.3, -0.25) is 0 Å². The molecule has 0 atom stereocenters. The number of nitrogens with zero attached hydrogens (tertiary/aromatic N) is 2. The van der Waals surface area contributed by atoms with Gasteiger partial charge in [0.15, 0.2) is 0 Å². The van der Waals surface area contributed by atoms with Gasteiger partial charge in [0.25, 0.3) is 0 Å². The lowest BCUT2D eigenvalue weighted by Gasteiger charge is -2.04. The van der Waals surface area contributed by atoms with Crippen molar-refractivity contribution in [2.45, 2.75) is 26.3 Å². The minimum absolute atomic E-state index is 0.383. The average molecular weight is 269 g/mol. The second-order valence-corrected chi connectivity index (χ2v) is 5.16. The molecule has 1 aromatic heterocycles. The van der Waals surface area contributed by atoms with E-state index in [0.717, 1.165) is 16.3 Å². The van der Waals surface area contributed by atoms with Gasteiger partial charge in [-0.05, 0) is 29.7 Å². The minimum Gasteiger partial charge on any atom is -0.249 e. The lowest BCUT2D eigenvalue weighted by molar-refractivity contribution is 0.658. The molecular formula is C13H14Cl2N2. The molecule has 0 spiro atoms. The number of aromatic nitrogens is 2. The van der Waals surface area contributed by atoms with Crippen LogP contribution in [0.25, 0.3) is 0 Å². The van der Waals surface area contributed by atoms with Crippen LogP contribution in [0.4, 0.5) is 0 Å². The van der Waals surface area contributed by atoms with E-state index < -0.39 is 0 Å². The summed E-state index contributed by atoms with van der Waals surface area (Å²) >= 11 is 12.1. The third-order valence-electron chi connectivity index (χ3n) is 2.56. The number of benzene rings is 1. The molecule has 90 valence electrons. The SMILES string of the molecule is CC(C)c1cc(Cl)n(Cc2cccc(Cl)c2)n1. The van der Waals surface area contributed by atoms with Gasteiger partial charge in [-0.15, -0.1) is 0 Å². The molecule has 0 aliphatic carbocycles. The van der Waals surface area contributed by atoms with E-state index in [-0.39, 0.29) is 0 Å². The number of halogens is 2. The molecule has 0 N–H and O–H groups in total. The van der Waals surface area contributed by atoms with E-state index in [1.165, 1.54) is 0 Å². The molecule has 2 nitrogen and oxygen atoms in total. The minimum atomic E-state index is 0.383. The second-order valence-electron chi connectivity index (χ2n) is 4.33. The van der Waals surface area contributed by atoms with Gasteiger partial charge in [-0.1, -0.05) is 49.2 Å². The Hall–Kier alpha value is -0.990. The first-order chi connectivity index (χ1) is 8.06. The number of hydrogen-bond acceptors (Lipinski definition) is 1. The molecule has 0 saturated heterocycles. The van der Waals surface area contributed by atoms with E-state index in [4.69, 9.17) is 23.2 Å². The molecule has 0 amide bonds. The van der Waals surface area contributed by atoms with Gasteiger partial charge in [0.2, 0.25) is 0 Å². The molecule has 0 bridgehead atoms. The van der Waals surface area contributed by atoms with Crippen LogP contribution in [0.2, 0.25) is 10.2 Å². The van der Waals surface area contributed by atoms with Crippen molar-refractivity contribution in [1.29, 1.82) is 0 Å². The van der Waals surface area contributed by atoms with Crippen LogP contribution in [0.1, 0.15) is 31.0 Å². The van der Waals surface area contributed by atoms with Crippen LogP contribution >= 0.6 is 23.2 Å². The first-order valence-corrected chi connectivity index (χ1v) is 6.29. The highest BCUT2D eigenvalue weighted by atomic mass is 35.5. The maximum absolute atomic E-state index is 6.15. The fourth-order valence-corrected chi connectivity index (χ4v) is 2.04. The quantitative estimate of drug-likeness (QED) is 0.809. The van der Waals surface area contributed by atoms with Crippen molar-refractivity contribution < 1.29 is 0 Å². The lowest BCUT2D eigenvalue weighted by atomic mass is 10.1. The van der Waals surface area contributed by atoms with Gasteiger partial charge in [0.05, 0.1) is 12.2 Å². The summed E-state index contributed by atoms with van der Waals surface area (Å²) in [5.41, 5.74) is 2.11. The summed E-state index contributed by atoms with van der Waals surface area (Å²) in [6.07, 6.45) is 0. The predicted octanol–water partition coefficient (Wildman–Crippen LogP) is 4.36. The van der Waals surface area contributed by atoms with Gasteiger partial charge in [0, 0.05) is 5.02 Å². The zero-order chi connectivity index (χ0) is 12.4. The van der Waals surface area contributed by atoms with Crippen molar-refractivity contribution in [2.24, 2.45) is 0 Å². The number of rotatable bonds is 3. The smallest absolute Gasteiger partial charge is 0.127 e. The van der Waals surface area contributed by atoms with Crippen molar-refractivity contribution in [1.82, 2.24) is 9.78 Å². The second kappa shape index (κ2) is 5.11. The van der Waals surface area contributed by atoms with Crippen LogP contribution < -0.4 is 0 Å². The Balaban J connectivity index is 2.24. The predicted molar refractivity (Wildman–Crippen MR) is 71.9 cm³/mol. The van der Waals surface area contributed by atoms with E-state index in [9.17, 15) is 0 Å². The highest BCUT2D eigenvalue weighted by molar-refractivity contribution is 6.30. The lowest BCUT2D eigenvalue weighted by Crippen LogP contribution is -2.02. The summed E-state index contributed by atoms with van der Waals surface area (Å²) < 4.78 is 1.79. The van der Waals surface area contributed by atoms with Crippen molar-refractivity contribution in [3.63, 3.8) is 0 Å². The standard InChI is InChI=1S/C13H14Cl2N2/c1-9(2)12-7-13(15)17(16-12)8-10-4-3-5-11(14)6-10/h3-7,9H,8H2,1-2H3. The summed E-state index contributed by atoms with van der Waals surface area (Å²) in [5, 5.41) is 5.87. The van der Waals surface area contributed by atoms with Crippen LogP contribution in [0, 0.1) is 0 Å². The van der Waals surface area contributed by atoms with Gasteiger partial charge < -0.3 is 0 Å². The third-order valence-corrected chi connectivity index (χ3v) is 3.10. The molecule has 0 aliphatic heterocycles. The molecule has 0 fully saturated rings. The van der Waals surface area contributed by atoms with E-state index in [0.29, 0.717) is 17.6 Å². The van der Waals surface area contributed by atoms with Crippen LogP contribution in [-0.4, -0.2) is 9.78 Å². The fourth-order valence-electron chi connectivity index (χ4n) is 1.61. The van der Waals surface area contributed by atoms with Gasteiger partial charge in [-0.25, -0.2) is 4.68 Å². The highest BCUT2D eigenvalue weighted by Gasteiger charge is 2.09. The first-order valence-electron chi connectivity index (χ1n) is 5.54. The number of hydrogen-bond donors (Lipinski definition) is 0. The molecule has 0 unspecified atom stereocenters. The highest BCUT2D eigenvalue weighted by Crippen LogP contribution is 2.20. The Morgan fingerprint density at radius 3 is 2.59 bits per heavy atom. The molecule has 17 heavy (non-hydrogen) atoms. The Labute approximate surface area is 111 Å². The van der Waals surface area contributed by atoms with Crippen LogP contribution in [0.15, 0.2) is 30.3 Å². The van der Waals surface area contributed by atoms with Crippen molar-refractivity contribution in [3.05, 3.63) is 51.8 Å². The van der Waals surface area contributed by atoms with Crippen LogP contribution in [-0.2, 0) is 6.54 Å². The maximum atomic E-state index is 6.15. The molecule has 1 heterocycles. The first kappa shape index (κ1) is 12.5. The molecule has 2 aromatic rings. The van der Waals surface area contributed by atoms with Crippen LogP contribution in [0.3, 0.4) is 0 Å². The normalized spacial score (nSPS) is 11.1. The van der Waals surface area contributed by atoms with E-state index >= 15 is 0 Å². The summed E-state index contributed by atoms with van der Waals surface area (Å²) in [6.45, 7) is 4.84. The van der Waals surface area contributed by atoms with E-state index in [1.54, 1.807) is 4.68 Å². The molecule has 4 heteroatoms. The molecule has 0 radical (unpaired) electrons. The Bertz CT molecular complexity index is 518. The van der Waals surface area contributed by atoms with Gasteiger partial charge in [0.1, 0.15) is 5.15 Å². The maximum Gasteiger partial charge on any atom is 0.127 e. The average Bonchev–Trinajstić information content (AvgIpc) is 2.61.